The van der Waals surface area contributed by atoms with Gasteiger partial charge < -0.3 is 20.1 Å². The molecule has 2 rings (SSSR count). The summed E-state index contributed by atoms with van der Waals surface area (Å²) in [6, 6.07) is 6.64. The second kappa shape index (κ2) is 9.94. The lowest BCUT2D eigenvalue weighted by Gasteiger charge is -2.30. The van der Waals surface area contributed by atoms with Crippen molar-refractivity contribution in [3.63, 3.8) is 0 Å². The Morgan fingerprint density at radius 3 is 2.44 bits per heavy atom. The van der Waals surface area contributed by atoms with Gasteiger partial charge in [0, 0.05) is 11.6 Å². The van der Waals surface area contributed by atoms with E-state index in [-0.39, 0.29) is 18.5 Å². The summed E-state index contributed by atoms with van der Waals surface area (Å²) in [6.07, 6.45) is 3.43. The minimum absolute atomic E-state index is 0.127. The number of esters is 1. The van der Waals surface area contributed by atoms with Gasteiger partial charge in [-0.2, -0.15) is 0 Å². The summed E-state index contributed by atoms with van der Waals surface area (Å²) >= 11 is 0. The van der Waals surface area contributed by atoms with Crippen LogP contribution in [0.2, 0.25) is 0 Å². The molecular weight excluding hydrogens is 348 g/mol. The Morgan fingerprint density at radius 2 is 1.81 bits per heavy atom. The number of hydrogen-bond acceptors (Lipinski definition) is 5. The zero-order valence-corrected chi connectivity index (χ0v) is 16.1. The van der Waals surface area contributed by atoms with Crippen LogP contribution < -0.4 is 15.4 Å². The van der Waals surface area contributed by atoms with E-state index in [0.717, 1.165) is 19.3 Å². The summed E-state index contributed by atoms with van der Waals surface area (Å²) in [7, 11) is 1.54. The number of carbonyl (C=O) groups excluding carboxylic acids is 3. The molecule has 0 bridgehead atoms. The van der Waals surface area contributed by atoms with Crippen LogP contribution in [0.3, 0.4) is 0 Å². The van der Waals surface area contributed by atoms with E-state index in [1.807, 2.05) is 0 Å². The number of ether oxygens (including phenoxy) is 2. The van der Waals surface area contributed by atoms with Crippen molar-refractivity contribution < 1.29 is 23.9 Å². The van der Waals surface area contributed by atoms with Crippen LogP contribution in [-0.2, 0) is 14.3 Å². The fourth-order valence-electron chi connectivity index (χ4n) is 3.12. The van der Waals surface area contributed by atoms with Crippen LogP contribution in [0, 0.1) is 5.92 Å². The summed E-state index contributed by atoms with van der Waals surface area (Å²) in [5.74, 6) is -0.296. The largest absolute Gasteiger partial charge is 0.497 e. The average molecular weight is 376 g/mol. The van der Waals surface area contributed by atoms with Gasteiger partial charge in [-0.1, -0.05) is 19.8 Å². The monoisotopic (exact) mass is 376 g/mol. The normalized spacial score (nSPS) is 20.3. The van der Waals surface area contributed by atoms with Crippen molar-refractivity contribution in [3.8, 4) is 5.75 Å². The number of rotatable bonds is 7. The van der Waals surface area contributed by atoms with Gasteiger partial charge in [0.2, 0.25) is 0 Å². The van der Waals surface area contributed by atoms with Crippen LogP contribution in [-0.4, -0.2) is 43.6 Å². The summed E-state index contributed by atoms with van der Waals surface area (Å²) in [5, 5.41) is 5.44. The summed E-state index contributed by atoms with van der Waals surface area (Å²) in [4.78, 5) is 36.2. The first kappa shape index (κ1) is 20.7. The third kappa shape index (κ3) is 6.27. The second-order valence-corrected chi connectivity index (χ2v) is 6.92. The first-order chi connectivity index (χ1) is 12.9. The molecule has 0 aliphatic heterocycles. The van der Waals surface area contributed by atoms with Gasteiger partial charge >= 0.3 is 5.97 Å². The highest BCUT2D eigenvalue weighted by Gasteiger charge is 2.26. The highest BCUT2D eigenvalue weighted by molar-refractivity contribution is 5.96. The SMILES string of the molecule is COc1ccc(C(=O)NCC(=O)O[C@H](C)C(=O)N[C@H]2CCCC[C@H]2C)cc1. The first-order valence-electron chi connectivity index (χ1n) is 9.32. The average Bonchev–Trinajstić information content (AvgIpc) is 2.67. The van der Waals surface area contributed by atoms with E-state index in [0.29, 0.717) is 17.2 Å². The van der Waals surface area contributed by atoms with E-state index >= 15 is 0 Å². The molecule has 1 aromatic carbocycles. The molecule has 1 aliphatic rings. The predicted molar refractivity (Wildman–Crippen MR) is 100 cm³/mol. The van der Waals surface area contributed by atoms with Crippen LogP contribution in [0.4, 0.5) is 0 Å². The standard InChI is InChI=1S/C20H28N2O5/c1-13-6-4-5-7-17(13)22-19(24)14(2)27-18(23)12-21-20(25)15-8-10-16(26-3)11-9-15/h8-11,13-14,17H,4-7,12H2,1-3H3,(H,21,25)(H,22,24)/t13-,14-,17+/m1/s1. The zero-order valence-electron chi connectivity index (χ0n) is 16.1. The maximum Gasteiger partial charge on any atom is 0.326 e. The van der Waals surface area contributed by atoms with E-state index < -0.39 is 18.0 Å². The minimum Gasteiger partial charge on any atom is -0.497 e. The molecule has 2 amide bonds. The number of nitrogens with one attached hydrogen (secondary N) is 2. The Hall–Kier alpha value is -2.57. The van der Waals surface area contributed by atoms with Gasteiger partial charge in [0.05, 0.1) is 7.11 Å². The van der Waals surface area contributed by atoms with Gasteiger partial charge in [-0.05, 0) is 49.9 Å². The summed E-state index contributed by atoms with van der Waals surface area (Å²) in [6.45, 7) is 3.35. The Morgan fingerprint density at radius 1 is 1.15 bits per heavy atom. The molecule has 0 heterocycles. The van der Waals surface area contributed by atoms with E-state index in [1.54, 1.807) is 24.3 Å². The number of hydrogen-bond donors (Lipinski definition) is 2. The lowest BCUT2D eigenvalue weighted by atomic mass is 9.86. The quantitative estimate of drug-likeness (QED) is 0.711. The van der Waals surface area contributed by atoms with Gasteiger partial charge in [-0.3, -0.25) is 14.4 Å². The molecular formula is C20H28N2O5. The maximum atomic E-state index is 12.2. The Balaban J connectivity index is 1.75. The zero-order chi connectivity index (χ0) is 19.8. The molecule has 2 N–H and O–H groups in total. The summed E-state index contributed by atoms with van der Waals surface area (Å²) in [5.41, 5.74) is 0.403. The minimum atomic E-state index is -0.899. The number of benzene rings is 1. The highest BCUT2D eigenvalue weighted by atomic mass is 16.5. The van der Waals surface area contributed by atoms with Crippen molar-refractivity contribution in [2.75, 3.05) is 13.7 Å². The molecule has 27 heavy (non-hydrogen) atoms. The molecule has 1 aromatic rings. The lowest BCUT2D eigenvalue weighted by Crippen LogP contribution is -2.46. The fourth-order valence-corrected chi connectivity index (χ4v) is 3.12. The van der Waals surface area contributed by atoms with E-state index in [9.17, 15) is 14.4 Å². The molecule has 0 spiro atoms. The van der Waals surface area contributed by atoms with Crippen LogP contribution >= 0.6 is 0 Å². The Bertz CT molecular complexity index is 659. The van der Waals surface area contributed by atoms with Gasteiger partial charge in [0.15, 0.2) is 6.10 Å². The van der Waals surface area contributed by atoms with E-state index in [2.05, 4.69) is 17.6 Å². The number of carbonyl (C=O) groups is 3. The maximum absolute atomic E-state index is 12.2. The van der Waals surface area contributed by atoms with Crippen molar-refractivity contribution in [3.05, 3.63) is 29.8 Å². The first-order valence-corrected chi connectivity index (χ1v) is 9.32. The van der Waals surface area contributed by atoms with Crippen LogP contribution in [0.15, 0.2) is 24.3 Å². The highest BCUT2D eigenvalue weighted by Crippen LogP contribution is 2.23. The molecule has 0 saturated heterocycles. The van der Waals surface area contributed by atoms with Gasteiger partial charge in [0.1, 0.15) is 12.3 Å². The third-order valence-corrected chi connectivity index (χ3v) is 4.86. The second-order valence-electron chi connectivity index (χ2n) is 6.92. The van der Waals surface area contributed by atoms with Crippen molar-refractivity contribution in [1.82, 2.24) is 10.6 Å². The van der Waals surface area contributed by atoms with Gasteiger partial charge in [-0.15, -0.1) is 0 Å². The summed E-state index contributed by atoms with van der Waals surface area (Å²) < 4.78 is 10.2. The number of methoxy groups -OCH3 is 1. The molecule has 3 atom stereocenters. The predicted octanol–water partition coefficient (Wildman–Crippen LogP) is 2.05. The fraction of sp³-hybridized carbons (Fsp3) is 0.550. The molecule has 1 saturated carbocycles. The van der Waals surface area contributed by atoms with Gasteiger partial charge in [0.25, 0.3) is 11.8 Å². The Labute approximate surface area is 159 Å². The van der Waals surface area contributed by atoms with E-state index in [4.69, 9.17) is 9.47 Å². The molecule has 7 nitrogen and oxygen atoms in total. The molecule has 7 heteroatoms. The molecule has 0 aromatic heterocycles. The van der Waals surface area contributed by atoms with Crippen molar-refractivity contribution in [2.24, 2.45) is 5.92 Å². The van der Waals surface area contributed by atoms with Gasteiger partial charge in [-0.25, -0.2) is 0 Å². The third-order valence-electron chi connectivity index (χ3n) is 4.86. The smallest absolute Gasteiger partial charge is 0.326 e. The number of amides is 2. The molecule has 148 valence electrons. The molecule has 0 radical (unpaired) electrons. The molecule has 1 fully saturated rings. The van der Waals surface area contributed by atoms with Crippen LogP contribution in [0.5, 0.6) is 5.75 Å². The van der Waals surface area contributed by atoms with E-state index in [1.165, 1.54) is 20.5 Å². The molecule has 0 unspecified atom stereocenters. The van der Waals surface area contributed by atoms with Crippen molar-refractivity contribution >= 4 is 17.8 Å². The van der Waals surface area contributed by atoms with Crippen LogP contribution in [0.25, 0.3) is 0 Å². The van der Waals surface area contributed by atoms with Crippen LogP contribution in [0.1, 0.15) is 49.9 Å². The lowest BCUT2D eigenvalue weighted by molar-refractivity contribution is -0.154. The topological polar surface area (TPSA) is 93.7 Å². The molecule has 1 aliphatic carbocycles. The Kier molecular flexibility index (Phi) is 7.64. The van der Waals surface area contributed by atoms with Crippen molar-refractivity contribution in [2.45, 2.75) is 51.7 Å². The van der Waals surface area contributed by atoms with Crippen molar-refractivity contribution in [1.29, 1.82) is 0 Å².